The van der Waals surface area contributed by atoms with Gasteiger partial charge in [-0.3, -0.25) is 9.97 Å². The molecule has 0 aromatic carbocycles. The molecule has 0 bridgehead atoms. The highest BCUT2D eigenvalue weighted by molar-refractivity contribution is 9.09. The molecule has 14 rings (SSSR count). The summed E-state index contributed by atoms with van der Waals surface area (Å²) in [5, 5.41) is 1.08. The van der Waals surface area contributed by atoms with Crippen LogP contribution >= 0.6 is 15.9 Å². The zero-order chi connectivity index (χ0) is 62.3. The number of ether oxygens (including phenoxy) is 8. The van der Waals surface area contributed by atoms with Crippen molar-refractivity contribution in [1.82, 2.24) is 9.97 Å². The maximum absolute atomic E-state index is 6.70. The second kappa shape index (κ2) is 27.4. The van der Waals surface area contributed by atoms with Gasteiger partial charge in [-0.05, 0) is 187 Å². The molecular formula is C76H115BrN4O8. The van der Waals surface area contributed by atoms with E-state index < -0.39 is 0 Å². The Kier molecular flexibility index (Phi) is 20.3. The Hall–Kier alpha value is -3.04. The number of halogens is 1. The lowest BCUT2D eigenvalue weighted by molar-refractivity contribution is -0.316. The Balaban J connectivity index is 0.000000131. The standard InChI is InChI=1S/2C27H40N2O3.C22H35BrO2/c2*1-18-8-9-23-26(2,20(18)12-15-30-22-11-14-29-16-21(22)28)13-10-24-27(23,3)17-31-25(32-24)19-6-4-5-7-19;1-15-8-9-18-21(2,17(15)11-13-23)12-10-19-22(18,3)14-24-20(25-19)16-6-4-5-7-16/h2*11,14,16,19-20,23-25H,1,4-10,12-13,15,17,28H2,2-3H3;16-20H,1,4-14H2,2-3H3/t2*20-,23?,24-,25-,26+,27+;17-,18?,19-,20-,21+,22+/m111/s1. The summed E-state index contributed by atoms with van der Waals surface area (Å²) in [7, 11) is 0. The van der Waals surface area contributed by atoms with E-state index in [4.69, 9.17) is 49.4 Å². The fraction of sp³-hybridized carbons (Fsp3) is 0.789. The van der Waals surface area contributed by atoms with Crippen LogP contribution in [0, 0.1) is 85.8 Å². The van der Waals surface area contributed by atoms with E-state index in [-0.39, 0.29) is 45.9 Å². The molecule has 18 atom stereocenters. The van der Waals surface area contributed by atoms with Gasteiger partial charge in [-0.15, -0.1) is 0 Å². The van der Waals surface area contributed by atoms with Crippen LogP contribution in [0.25, 0.3) is 0 Å². The van der Waals surface area contributed by atoms with Crippen molar-refractivity contribution in [3.8, 4) is 11.5 Å². The summed E-state index contributed by atoms with van der Waals surface area (Å²) in [4.78, 5) is 8.11. The van der Waals surface area contributed by atoms with Crippen molar-refractivity contribution in [3.05, 3.63) is 73.4 Å². The number of nitrogen functional groups attached to an aromatic ring is 2. The minimum Gasteiger partial charge on any atom is -0.491 e. The smallest absolute Gasteiger partial charge is 0.160 e. The second-order valence-electron chi connectivity index (χ2n) is 32.2. The molecule has 3 aliphatic heterocycles. The summed E-state index contributed by atoms with van der Waals surface area (Å²) in [5.41, 5.74) is 18.6. The van der Waals surface area contributed by atoms with Crippen molar-refractivity contribution in [1.29, 1.82) is 0 Å². The van der Waals surface area contributed by atoms with Gasteiger partial charge in [-0.1, -0.05) is 132 Å². The number of rotatable bonds is 13. The van der Waals surface area contributed by atoms with E-state index in [9.17, 15) is 0 Å². The summed E-state index contributed by atoms with van der Waals surface area (Å²) in [6, 6.07) is 3.69. The molecule has 12 nitrogen and oxygen atoms in total. The van der Waals surface area contributed by atoms with Crippen LogP contribution in [0.3, 0.4) is 0 Å². The molecule has 3 saturated heterocycles. The van der Waals surface area contributed by atoms with Crippen molar-refractivity contribution in [2.24, 2.45) is 85.8 Å². The van der Waals surface area contributed by atoms with Crippen LogP contribution in [0.2, 0.25) is 0 Å². The molecule has 12 fully saturated rings. The molecule has 0 radical (unpaired) electrons. The van der Waals surface area contributed by atoms with Gasteiger partial charge in [0.05, 0.1) is 75.1 Å². The summed E-state index contributed by atoms with van der Waals surface area (Å²) in [5.74, 6) is 6.72. The summed E-state index contributed by atoms with van der Waals surface area (Å²) < 4.78 is 51.5. The molecule has 9 saturated carbocycles. The van der Waals surface area contributed by atoms with Crippen molar-refractivity contribution >= 4 is 27.3 Å². The van der Waals surface area contributed by atoms with Gasteiger partial charge in [0.15, 0.2) is 18.9 Å². The average Bonchev–Trinajstić information content (AvgIpc) is 1.44. The summed E-state index contributed by atoms with van der Waals surface area (Å²) >= 11 is 3.69. The highest BCUT2D eigenvalue weighted by atomic mass is 79.9. The Bertz CT molecular complexity index is 2630. The van der Waals surface area contributed by atoms with E-state index in [1.165, 1.54) is 152 Å². The van der Waals surface area contributed by atoms with E-state index in [0.717, 1.165) is 75.2 Å². The van der Waals surface area contributed by atoms with Crippen molar-refractivity contribution in [2.45, 2.75) is 252 Å². The van der Waals surface area contributed by atoms with Crippen molar-refractivity contribution in [2.75, 3.05) is 49.8 Å². The largest absolute Gasteiger partial charge is 0.491 e. The number of fused-ring (bicyclic) bond motifs is 9. The fourth-order valence-corrected chi connectivity index (χ4v) is 22.8. The van der Waals surface area contributed by atoms with Gasteiger partial charge in [0.2, 0.25) is 0 Å². The number of nitrogens with two attached hydrogens (primary N) is 2. The van der Waals surface area contributed by atoms with Gasteiger partial charge in [0, 0.05) is 63.9 Å². The molecule has 494 valence electrons. The first kappa shape index (κ1) is 66.0. The first-order valence-corrected chi connectivity index (χ1v) is 37.0. The number of aromatic nitrogens is 2. The number of hydrogen-bond acceptors (Lipinski definition) is 12. The number of pyridine rings is 2. The SMILES string of the molecule is C=C1CCC2[C@]3(C)CO[C@@H](C4CCCC4)O[C@@H]3CC[C@@]2(C)[C@@H]1CCBr.C=C1CCC2[C@]3(C)CO[C@@H](C4CCCC4)O[C@@H]3CC[C@@]2(C)[C@@H]1CCOc1ccncc1N.C=C1CCC2[C@]3(C)CO[C@@H](C4CCCC4)O[C@@H]3CC[C@@]2(C)[C@@H]1CCOc1ccncc1N. The molecule has 3 unspecified atom stereocenters. The van der Waals surface area contributed by atoms with Crippen LogP contribution in [-0.2, 0) is 28.4 Å². The fourth-order valence-electron chi connectivity index (χ4n) is 22.3. The lowest BCUT2D eigenvalue weighted by atomic mass is 9.46. The molecule has 9 aliphatic carbocycles. The molecule has 2 aromatic rings. The monoisotopic (exact) mass is 1290 g/mol. The number of alkyl halides is 1. The Labute approximate surface area is 544 Å². The number of hydrogen-bond donors (Lipinski definition) is 2. The van der Waals surface area contributed by atoms with Crippen LogP contribution in [0.5, 0.6) is 11.5 Å². The molecule has 4 N–H and O–H groups in total. The molecular weight excluding hydrogens is 1180 g/mol. The molecule has 13 heteroatoms. The molecule has 12 aliphatic rings. The van der Waals surface area contributed by atoms with Crippen LogP contribution in [-0.4, -0.2) is 85.5 Å². The maximum atomic E-state index is 6.70. The Morgan fingerprint density at radius 3 is 1.08 bits per heavy atom. The third kappa shape index (κ3) is 12.8. The molecule has 5 heterocycles. The second-order valence-corrected chi connectivity index (χ2v) is 33.0. The molecule has 89 heavy (non-hydrogen) atoms. The zero-order valence-corrected chi connectivity index (χ0v) is 57.4. The van der Waals surface area contributed by atoms with Crippen molar-refractivity contribution in [3.63, 3.8) is 0 Å². The van der Waals surface area contributed by atoms with Gasteiger partial charge < -0.3 is 49.4 Å². The lowest BCUT2D eigenvalue weighted by Crippen LogP contribution is -2.62. The van der Waals surface area contributed by atoms with Crippen molar-refractivity contribution < 1.29 is 37.9 Å². The van der Waals surface area contributed by atoms with E-state index >= 15 is 0 Å². The van der Waals surface area contributed by atoms with Gasteiger partial charge in [0.1, 0.15) is 11.5 Å². The van der Waals surface area contributed by atoms with E-state index in [2.05, 4.69) is 87.2 Å². The highest BCUT2D eigenvalue weighted by Gasteiger charge is 2.64. The van der Waals surface area contributed by atoms with Crippen LogP contribution in [0.4, 0.5) is 11.4 Å². The topological polar surface area (TPSA) is 152 Å². The molecule has 0 spiro atoms. The zero-order valence-electron chi connectivity index (χ0n) is 55.8. The third-order valence-corrected chi connectivity index (χ3v) is 27.7. The Morgan fingerprint density at radius 1 is 0.461 bits per heavy atom. The predicted molar refractivity (Wildman–Crippen MR) is 358 cm³/mol. The lowest BCUT2D eigenvalue weighted by Gasteiger charge is -2.63. The van der Waals surface area contributed by atoms with E-state index in [1.807, 2.05) is 12.1 Å². The highest BCUT2D eigenvalue weighted by Crippen LogP contribution is 2.67. The van der Waals surface area contributed by atoms with Gasteiger partial charge in [-0.2, -0.15) is 0 Å². The first-order chi connectivity index (χ1) is 42.8. The minimum absolute atomic E-state index is 0.0218. The summed E-state index contributed by atoms with van der Waals surface area (Å²) in [6.45, 7) is 32.2. The normalized spacial score (nSPS) is 42.3. The molecule has 2 aromatic heterocycles. The maximum Gasteiger partial charge on any atom is 0.160 e. The number of allylic oxidation sites excluding steroid dienone is 3. The average molecular weight is 1290 g/mol. The number of anilines is 2. The van der Waals surface area contributed by atoms with Crippen LogP contribution in [0.15, 0.2) is 73.4 Å². The molecule has 0 amide bonds. The summed E-state index contributed by atoms with van der Waals surface area (Å²) in [6.07, 6.45) is 40.9. The van der Waals surface area contributed by atoms with E-state index in [1.54, 1.807) is 24.8 Å². The van der Waals surface area contributed by atoms with Crippen LogP contribution < -0.4 is 20.9 Å². The third-order valence-electron chi connectivity index (χ3n) is 27.2. The van der Waals surface area contributed by atoms with Gasteiger partial charge in [0.25, 0.3) is 0 Å². The van der Waals surface area contributed by atoms with Gasteiger partial charge >= 0.3 is 0 Å². The Morgan fingerprint density at radius 2 is 0.775 bits per heavy atom. The quantitative estimate of drug-likeness (QED) is 0.145. The van der Waals surface area contributed by atoms with Gasteiger partial charge in [-0.25, -0.2) is 0 Å². The minimum atomic E-state index is 0.0218. The van der Waals surface area contributed by atoms with Crippen LogP contribution in [0.1, 0.15) is 215 Å². The van der Waals surface area contributed by atoms with E-state index in [0.29, 0.717) is 102 Å². The predicted octanol–water partition coefficient (Wildman–Crippen LogP) is 17.6. The first-order valence-electron chi connectivity index (χ1n) is 35.9. The number of nitrogens with zero attached hydrogens (tertiary/aromatic N) is 2.